The fourth-order valence-corrected chi connectivity index (χ4v) is 5.01. The van der Waals surface area contributed by atoms with E-state index in [2.05, 4.69) is 93.0 Å². The maximum absolute atomic E-state index is 12.7. The van der Waals surface area contributed by atoms with Crippen molar-refractivity contribution in [1.82, 2.24) is 19.6 Å². The van der Waals surface area contributed by atoms with Gasteiger partial charge >= 0.3 is 0 Å². The van der Waals surface area contributed by atoms with Gasteiger partial charge in [0, 0.05) is 37.2 Å². The first-order chi connectivity index (χ1) is 18.7. The average Bonchev–Trinajstić information content (AvgIpc) is 3.37. The van der Waals surface area contributed by atoms with Crippen LogP contribution in [-0.4, -0.2) is 31.1 Å². The fraction of sp³-hybridized carbons (Fsp3) is 0.387. The molecule has 0 atom stereocenters. The number of nitrogens with one attached hydrogen (secondary N) is 1. The number of rotatable bonds is 4. The minimum Gasteiger partial charge on any atom is -0.299 e. The molecule has 9 heteroatoms. The molecule has 0 unspecified atom stereocenters. The van der Waals surface area contributed by atoms with Gasteiger partial charge in [-0.05, 0) is 132 Å². The van der Waals surface area contributed by atoms with Crippen molar-refractivity contribution in [2.24, 2.45) is 0 Å². The molecule has 1 N–H and O–H groups in total. The summed E-state index contributed by atoms with van der Waals surface area (Å²) in [5.74, 6) is -0.362. The van der Waals surface area contributed by atoms with Crippen LogP contribution in [0.2, 0.25) is 0 Å². The van der Waals surface area contributed by atoms with Crippen LogP contribution in [0.25, 0.3) is 16.9 Å². The lowest BCUT2D eigenvalue weighted by Gasteiger charge is -2.18. The maximum atomic E-state index is 12.7. The normalized spacial score (nSPS) is 10.7. The first kappa shape index (κ1) is 33.8. The standard InChI is InChI=1S/C16H18N4O.C15H20O2.I2/c1-8-6-13(11(4)10(3)9(8)2)14-12(5)19-16-17-7-18-20(16)15(14)21;1-8-7-14(11(4)10(3)9(8)2)15(12(5)16)13(6)17;1-2/h6-7H,1-5H3,(H,17,18,19);7,15H,1-6H3;. The summed E-state index contributed by atoms with van der Waals surface area (Å²) < 4.78 is 1.38. The van der Waals surface area contributed by atoms with E-state index in [1.54, 1.807) is 0 Å². The lowest BCUT2D eigenvalue weighted by Crippen LogP contribution is -2.19. The third-order valence-electron chi connectivity index (χ3n) is 8.01. The number of aromatic amines is 1. The van der Waals surface area contributed by atoms with Crippen molar-refractivity contribution < 1.29 is 9.59 Å². The number of H-pyrrole nitrogens is 1. The van der Waals surface area contributed by atoms with E-state index in [1.807, 2.05) is 33.8 Å². The van der Waals surface area contributed by atoms with E-state index in [0.717, 1.165) is 27.8 Å². The van der Waals surface area contributed by atoms with Gasteiger partial charge in [0.25, 0.3) is 11.3 Å². The molecule has 214 valence electrons. The number of nitrogens with zero attached hydrogens (tertiary/aromatic N) is 3. The van der Waals surface area contributed by atoms with Gasteiger partial charge in [0.2, 0.25) is 0 Å². The van der Waals surface area contributed by atoms with Gasteiger partial charge in [0.1, 0.15) is 23.8 Å². The minimum absolute atomic E-state index is 0.0803. The number of benzene rings is 2. The van der Waals surface area contributed by atoms with Crippen molar-refractivity contribution in [3.8, 4) is 11.1 Å². The van der Waals surface area contributed by atoms with Gasteiger partial charge in [-0.1, -0.05) is 12.1 Å². The Kier molecular flexibility index (Phi) is 11.8. The molecular formula is C31H38I2N4O3. The lowest BCUT2D eigenvalue weighted by atomic mass is 9.84. The first-order valence-corrected chi connectivity index (χ1v) is 19.2. The Labute approximate surface area is 259 Å². The fourth-order valence-electron chi connectivity index (χ4n) is 5.01. The summed E-state index contributed by atoms with van der Waals surface area (Å²) in [6.45, 7) is 21.3. The molecule has 0 radical (unpaired) electrons. The summed E-state index contributed by atoms with van der Waals surface area (Å²) in [4.78, 5) is 44.4. The summed E-state index contributed by atoms with van der Waals surface area (Å²) >= 11 is 4.24. The highest BCUT2D eigenvalue weighted by Gasteiger charge is 2.25. The van der Waals surface area contributed by atoms with E-state index in [9.17, 15) is 14.4 Å². The zero-order valence-electron chi connectivity index (χ0n) is 25.1. The van der Waals surface area contributed by atoms with Crippen LogP contribution in [-0.2, 0) is 9.59 Å². The second kappa shape index (κ2) is 14.0. The van der Waals surface area contributed by atoms with Crippen molar-refractivity contribution in [2.75, 3.05) is 0 Å². The van der Waals surface area contributed by atoms with Gasteiger partial charge in [0.05, 0.1) is 11.3 Å². The summed E-state index contributed by atoms with van der Waals surface area (Å²) in [5.41, 5.74) is 12.5. The molecule has 40 heavy (non-hydrogen) atoms. The number of carbonyl (C=O) groups is 2. The molecule has 0 aliphatic carbocycles. The summed E-state index contributed by atoms with van der Waals surface area (Å²) in [6.07, 6.45) is 1.48. The molecule has 0 spiro atoms. The van der Waals surface area contributed by atoms with Crippen LogP contribution in [0.5, 0.6) is 0 Å². The number of fused-ring (bicyclic) bond motifs is 1. The quantitative estimate of drug-likeness (QED) is 0.171. The van der Waals surface area contributed by atoms with Crippen molar-refractivity contribution in [1.29, 1.82) is 0 Å². The second-order valence-corrected chi connectivity index (χ2v) is 10.3. The van der Waals surface area contributed by atoms with Crippen LogP contribution in [0, 0.1) is 62.3 Å². The molecule has 0 amide bonds. The van der Waals surface area contributed by atoms with Crippen LogP contribution in [0.3, 0.4) is 0 Å². The van der Waals surface area contributed by atoms with Crippen molar-refractivity contribution in [3.05, 3.63) is 84.6 Å². The lowest BCUT2D eigenvalue weighted by molar-refractivity contribution is -0.126. The largest absolute Gasteiger partial charge is 0.299 e. The predicted molar refractivity (Wildman–Crippen MR) is 180 cm³/mol. The van der Waals surface area contributed by atoms with Gasteiger partial charge < -0.3 is 0 Å². The smallest absolute Gasteiger partial charge is 0.282 e. The van der Waals surface area contributed by atoms with E-state index in [-0.39, 0.29) is 17.1 Å². The van der Waals surface area contributed by atoms with Crippen LogP contribution < -0.4 is 5.56 Å². The molecule has 0 aliphatic rings. The van der Waals surface area contributed by atoms with E-state index in [4.69, 9.17) is 0 Å². The summed E-state index contributed by atoms with van der Waals surface area (Å²) in [5, 5.41) is 2.82. The van der Waals surface area contributed by atoms with Gasteiger partial charge in [-0.2, -0.15) is 4.52 Å². The van der Waals surface area contributed by atoms with Gasteiger partial charge in [0.15, 0.2) is 0 Å². The molecule has 7 nitrogen and oxygen atoms in total. The number of ketones is 2. The van der Waals surface area contributed by atoms with Crippen LogP contribution in [0.15, 0.2) is 23.3 Å². The average molecular weight is 768 g/mol. The van der Waals surface area contributed by atoms with Gasteiger partial charge in [-0.3, -0.25) is 19.5 Å². The molecule has 2 heterocycles. The Morgan fingerprint density at radius 1 is 0.775 bits per heavy atom. The van der Waals surface area contributed by atoms with Crippen LogP contribution >= 0.6 is 37.2 Å². The monoisotopic (exact) mass is 768 g/mol. The number of aromatic nitrogens is 4. The Hall–Kier alpha value is -2.41. The van der Waals surface area contributed by atoms with Crippen molar-refractivity contribution >= 4 is 54.6 Å². The Morgan fingerprint density at radius 3 is 1.80 bits per heavy atom. The highest BCUT2D eigenvalue weighted by molar-refractivity contribution is 15.0. The molecule has 2 aromatic heterocycles. The van der Waals surface area contributed by atoms with Crippen LogP contribution in [0.1, 0.15) is 75.5 Å². The molecule has 0 saturated carbocycles. The number of halogens is 2. The highest BCUT2D eigenvalue weighted by atomic mass is 128. The molecule has 0 bridgehead atoms. The Balaban J connectivity index is 0.000000270. The zero-order chi connectivity index (χ0) is 30.6. The van der Waals surface area contributed by atoms with Crippen LogP contribution in [0.4, 0.5) is 0 Å². The summed E-state index contributed by atoms with van der Waals surface area (Å²) in [6, 6.07) is 4.05. The maximum Gasteiger partial charge on any atom is 0.282 e. The number of hydrogen-bond donors (Lipinski definition) is 1. The van der Waals surface area contributed by atoms with E-state index in [1.165, 1.54) is 52.5 Å². The topological polar surface area (TPSA) is 97.2 Å². The van der Waals surface area contributed by atoms with Gasteiger partial charge in [-0.25, -0.2) is 9.97 Å². The number of aryl methyl sites for hydroxylation is 3. The Bertz CT molecular complexity index is 1640. The molecule has 0 aliphatic heterocycles. The number of carbonyl (C=O) groups excluding carboxylic acids is 2. The number of hydrogen-bond acceptors (Lipinski definition) is 5. The molecule has 0 saturated heterocycles. The Morgan fingerprint density at radius 2 is 1.27 bits per heavy atom. The first-order valence-electron chi connectivity index (χ1n) is 12.9. The van der Waals surface area contributed by atoms with Gasteiger partial charge in [-0.15, -0.1) is 0 Å². The third-order valence-corrected chi connectivity index (χ3v) is 8.01. The zero-order valence-corrected chi connectivity index (χ0v) is 29.4. The number of Topliss-reactive ketones (excluding diaryl/α,β-unsaturated/α-hetero) is 2. The molecule has 4 rings (SSSR count). The van der Waals surface area contributed by atoms with E-state index < -0.39 is 5.92 Å². The summed E-state index contributed by atoms with van der Waals surface area (Å²) in [7, 11) is 0. The predicted octanol–water partition coefficient (Wildman–Crippen LogP) is 7.58. The van der Waals surface area contributed by atoms with E-state index >= 15 is 0 Å². The highest BCUT2D eigenvalue weighted by Crippen LogP contribution is 2.30. The van der Waals surface area contributed by atoms with Crippen molar-refractivity contribution in [3.63, 3.8) is 0 Å². The SMILES string of the molecule is CC(=O)C(C(C)=O)c1cc(C)c(C)c(C)c1C.Cc1cc(-c2c(C)nc3nc[nH]n3c2=O)c(C)c(C)c1C.II. The van der Waals surface area contributed by atoms with Crippen molar-refractivity contribution in [2.45, 2.75) is 82.1 Å². The molecule has 2 aromatic carbocycles. The molecular weight excluding hydrogens is 730 g/mol. The van der Waals surface area contributed by atoms with E-state index in [0.29, 0.717) is 17.0 Å². The third kappa shape index (κ3) is 6.72. The minimum atomic E-state index is -0.604. The second-order valence-electron chi connectivity index (χ2n) is 10.3. The molecule has 0 fully saturated rings. The molecule has 4 aromatic rings.